The summed E-state index contributed by atoms with van der Waals surface area (Å²) in [6.07, 6.45) is -0.891. The highest BCUT2D eigenvalue weighted by molar-refractivity contribution is 5.92. The molecule has 7 nitrogen and oxygen atoms in total. The van der Waals surface area contributed by atoms with Crippen molar-refractivity contribution in [3.8, 4) is 0 Å². The quantitative estimate of drug-likeness (QED) is 0.469. The van der Waals surface area contributed by atoms with Crippen LogP contribution in [0.15, 0.2) is 78.9 Å². The third kappa shape index (κ3) is 4.95. The van der Waals surface area contributed by atoms with Gasteiger partial charge < -0.3 is 10.1 Å². The Kier molecular flexibility index (Phi) is 6.03. The second-order valence-corrected chi connectivity index (χ2v) is 7.18. The lowest BCUT2D eigenvalue weighted by Crippen LogP contribution is -2.35. The van der Waals surface area contributed by atoms with Crippen molar-refractivity contribution in [1.82, 2.24) is 20.3 Å². The van der Waals surface area contributed by atoms with Crippen molar-refractivity contribution < 1.29 is 14.3 Å². The number of fused-ring (bicyclic) bond motifs is 1. The molecule has 1 N–H and O–H groups in total. The zero-order valence-electron chi connectivity index (χ0n) is 17.1. The number of nitrogens with one attached hydrogen (secondary N) is 1. The zero-order chi connectivity index (χ0) is 21.6. The van der Waals surface area contributed by atoms with Crippen LogP contribution in [0.25, 0.3) is 11.0 Å². The Balaban J connectivity index is 1.33. The van der Waals surface area contributed by atoms with Gasteiger partial charge in [0.25, 0.3) is 5.91 Å². The van der Waals surface area contributed by atoms with Crippen LogP contribution in [0, 0.1) is 0 Å². The number of hydrogen-bond acceptors (Lipinski definition) is 5. The van der Waals surface area contributed by atoms with Gasteiger partial charge in [0.05, 0.1) is 17.6 Å². The van der Waals surface area contributed by atoms with Crippen molar-refractivity contribution in [3.63, 3.8) is 0 Å². The molecule has 0 unspecified atom stereocenters. The first-order valence-corrected chi connectivity index (χ1v) is 10.00. The van der Waals surface area contributed by atoms with Gasteiger partial charge in [-0.25, -0.2) is 9.48 Å². The number of carbonyl (C=O) groups excluding carboxylic acids is 2. The molecule has 1 amide bonds. The van der Waals surface area contributed by atoms with Gasteiger partial charge >= 0.3 is 5.97 Å². The highest BCUT2D eigenvalue weighted by Gasteiger charge is 2.18. The minimum Gasteiger partial charge on any atom is -0.449 e. The maximum Gasteiger partial charge on any atom is 0.338 e. The molecule has 0 aliphatic heterocycles. The molecule has 0 radical (unpaired) electrons. The monoisotopic (exact) mass is 414 g/mol. The van der Waals surface area contributed by atoms with E-state index in [1.54, 1.807) is 19.1 Å². The lowest BCUT2D eigenvalue weighted by molar-refractivity contribution is -0.129. The summed E-state index contributed by atoms with van der Waals surface area (Å²) < 4.78 is 7.12. The molecule has 1 aromatic heterocycles. The summed E-state index contributed by atoms with van der Waals surface area (Å²) >= 11 is 0. The van der Waals surface area contributed by atoms with E-state index in [-0.39, 0.29) is 5.91 Å². The first kappa shape index (κ1) is 20.3. The highest BCUT2D eigenvalue weighted by Crippen LogP contribution is 2.13. The third-order valence-electron chi connectivity index (χ3n) is 4.90. The fraction of sp³-hybridized carbons (Fsp3) is 0.167. The van der Waals surface area contributed by atoms with Crippen molar-refractivity contribution in [1.29, 1.82) is 0 Å². The van der Waals surface area contributed by atoms with E-state index in [1.165, 1.54) is 0 Å². The number of ether oxygens (including phenoxy) is 1. The lowest BCUT2D eigenvalue weighted by atomic mass is 10.1. The van der Waals surface area contributed by atoms with Crippen LogP contribution in [0.2, 0.25) is 0 Å². The zero-order valence-corrected chi connectivity index (χ0v) is 17.1. The Hall–Kier alpha value is -4.00. The molecule has 3 aromatic carbocycles. The van der Waals surface area contributed by atoms with Gasteiger partial charge in [0.1, 0.15) is 5.52 Å². The number of hydrogen-bond donors (Lipinski definition) is 1. The summed E-state index contributed by atoms with van der Waals surface area (Å²) in [5.41, 5.74) is 4.12. The van der Waals surface area contributed by atoms with E-state index in [2.05, 4.69) is 15.6 Å². The SMILES string of the molecule is C[C@H](OC(=O)c1ccc(Cn2nnc3ccccc32)cc1)C(=O)NCc1ccccc1. The number of para-hydroxylation sites is 1. The van der Waals surface area contributed by atoms with Crippen LogP contribution >= 0.6 is 0 Å². The topological polar surface area (TPSA) is 86.1 Å². The van der Waals surface area contributed by atoms with E-state index in [9.17, 15) is 9.59 Å². The average Bonchev–Trinajstić information content (AvgIpc) is 3.21. The van der Waals surface area contributed by atoms with Crippen LogP contribution in [0.3, 0.4) is 0 Å². The largest absolute Gasteiger partial charge is 0.449 e. The van der Waals surface area contributed by atoms with E-state index >= 15 is 0 Å². The lowest BCUT2D eigenvalue weighted by Gasteiger charge is -2.14. The van der Waals surface area contributed by atoms with Gasteiger partial charge in [-0.1, -0.05) is 59.8 Å². The predicted molar refractivity (Wildman–Crippen MR) is 116 cm³/mol. The smallest absolute Gasteiger partial charge is 0.338 e. The molecule has 0 saturated heterocycles. The Morgan fingerprint density at radius 2 is 1.65 bits per heavy atom. The molecule has 0 bridgehead atoms. The molecule has 4 rings (SSSR count). The maximum atomic E-state index is 12.4. The van der Waals surface area contributed by atoms with E-state index in [0.29, 0.717) is 18.7 Å². The van der Waals surface area contributed by atoms with E-state index in [0.717, 1.165) is 22.2 Å². The van der Waals surface area contributed by atoms with Crippen molar-refractivity contribution in [3.05, 3.63) is 95.6 Å². The summed E-state index contributed by atoms with van der Waals surface area (Å²) in [6.45, 7) is 2.48. The van der Waals surface area contributed by atoms with Crippen LogP contribution in [-0.4, -0.2) is 33.0 Å². The van der Waals surface area contributed by atoms with Gasteiger partial charge in [-0.05, 0) is 42.3 Å². The summed E-state index contributed by atoms with van der Waals surface area (Å²) in [5, 5.41) is 11.1. The van der Waals surface area contributed by atoms with Crippen molar-refractivity contribution in [2.24, 2.45) is 0 Å². The van der Waals surface area contributed by atoms with E-state index in [4.69, 9.17) is 4.74 Å². The van der Waals surface area contributed by atoms with Gasteiger partial charge in [-0.2, -0.15) is 0 Å². The summed E-state index contributed by atoms with van der Waals surface area (Å²) in [6, 6.07) is 24.3. The van der Waals surface area contributed by atoms with Crippen LogP contribution in [0.5, 0.6) is 0 Å². The van der Waals surface area contributed by atoms with Crippen LogP contribution in [-0.2, 0) is 22.6 Å². The van der Waals surface area contributed by atoms with Crippen molar-refractivity contribution >= 4 is 22.9 Å². The number of esters is 1. The first-order valence-electron chi connectivity index (χ1n) is 10.00. The molecule has 4 aromatic rings. The Morgan fingerprint density at radius 3 is 2.42 bits per heavy atom. The Labute approximate surface area is 179 Å². The van der Waals surface area contributed by atoms with Crippen LogP contribution in [0.1, 0.15) is 28.4 Å². The van der Waals surface area contributed by atoms with Gasteiger partial charge in [0, 0.05) is 6.54 Å². The van der Waals surface area contributed by atoms with Crippen LogP contribution < -0.4 is 5.32 Å². The molecule has 1 heterocycles. The Bertz CT molecular complexity index is 1190. The van der Waals surface area contributed by atoms with Crippen molar-refractivity contribution in [2.45, 2.75) is 26.1 Å². The molecule has 7 heteroatoms. The molecule has 0 spiro atoms. The molecule has 156 valence electrons. The second kappa shape index (κ2) is 9.21. The molecule has 0 saturated carbocycles. The third-order valence-corrected chi connectivity index (χ3v) is 4.90. The second-order valence-electron chi connectivity index (χ2n) is 7.18. The van der Waals surface area contributed by atoms with Crippen molar-refractivity contribution in [2.75, 3.05) is 0 Å². The minimum atomic E-state index is -0.891. The van der Waals surface area contributed by atoms with Crippen LogP contribution in [0.4, 0.5) is 0 Å². The fourth-order valence-electron chi connectivity index (χ4n) is 3.16. The molecular weight excluding hydrogens is 392 g/mol. The number of rotatable bonds is 7. The summed E-state index contributed by atoms with van der Waals surface area (Å²) in [7, 11) is 0. The Morgan fingerprint density at radius 1 is 0.935 bits per heavy atom. The molecular formula is C24H22N4O3. The fourth-order valence-corrected chi connectivity index (χ4v) is 3.16. The number of aromatic nitrogens is 3. The summed E-state index contributed by atoms with van der Waals surface area (Å²) in [4.78, 5) is 24.6. The van der Waals surface area contributed by atoms with E-state index < -0.39 is 12.1 Å². The van der Waals surface area contributed by atoms with Gasteiger partial charge in [-0.15, -0.1) is 5.10 Å². The maximum absolute atomic E-state index is 12.4. The van der Waals surface area contributed by atoms with Gasteiger partial charge in [0.2, 0.25) is 0 Å². The molecule has 1 atom stereocenters. The number of carbonyl (C=O) groups is 2. The first-order chi connectivity index (χ1) is 15.1. The molecule has 31 heavy (non-hydrogen) atoms. The number of nitrogens with zero attached hydrogens (tertiary/aromatic N) is 3. The number of amides is 1. The highest BCUT2D eigenvalue weighted by atomic mass is 16.5. The number of benzene rings is 3. The minimum absolute atomic E-state index is 0.341. The molecule has 0 fully saturated rings. The molecule has 0 aliphatic rings. The summed E-state index contributed by atoms with van der Waals surface area (Å²) in [5.74, 6) is -0.882. The average molecular weight is 414 g/mol. The standard InChI is InChI=1S/C24H22N4O3/c1-17(23(29)25-15-18-7-3-2-4-8-18)31-24(30)20-13-11-19(12-14-20)16-28-22-10-6-5-9-21(22)26-27-28/h2-14,17H,15-16H2,1H3,(H,25,29)/t17-/m0/s1. The predicted octanol–water partition coefficient (Wildman–Crippen LogP) is 3.34. The molecule has 0 aliphatic carbocycles. The van der Waals surface area contributed by atoms with Gasteiger partial charge in [-0.3, -0.25) is 4.79 Å². The normalized spacial score (nSPS) is 11.8. The van der Waals surface area contributed by atoms with Gasteiger partial charge in [0.15, 0.2) is 6.10 Å². The van der Waals surface area contributed by atoms with E-state index in [1.807, 2.05) is 71.4 Å².